The van der Waals surface area contributed by atoms with Gasteiger partial charge in [0.15, 0.2) is 0 Å². The molecule has 0 saturated carbocycles. The van der Waals surface area contributed by atoms with Crippen LogP contribution in [-0.4, -0.2) is 17.7 Å². The standard InChI is InChI=1S/C18H24O3/c1-2-3-4-5-6-7-11-16-12-8-9-13-17(16)21-15-10-14-18(19)20/h8-9,12-13H,2-6,10,14-15H2,1H3,(H,19,20). The maximum absolute atomic E-state index is 10.4. The molecule has 0 bridgehead atoms. The highest BCUT2D eigenvalue weighted by Gasteiger charge is 2.01. The largest absolute Gasteiger partial charge is 0.492 e. The van der Waals surface area contributed by atoms with Gasteiger partial charge >= 0.3 is 5.97 Å². The Labute approximate surface area is 127 Å². The van der Waals surface area contributed by atoms with Crippen molar-refractivity contribution >= 4 is 5.97 Å². The van der Waals surface area contributed by atoms with E-state index in [1.807, 2.05) is 24.3 Å². The molecule has 1 aromatic rings. The number of carboxylic acid groups (broad SMARTS) is 1. The average molecular weight is 288 g/mol. The van der Waals surface area contributed by atoms with Crippen LogP contribution in [0.25, 0.3) is 0 Å². The Morgan fingerprint density at radius 3 is 2.76 bits per heavy atom. The van der Waals surface area contributed by atoms with Crippen LogP contribution in [0.15, 0.2) is 24.3 Å². The minimum atomic E-state index is -0.793. The number of carboxylic acids is 1. The first-order valence-electron chi connectivity index (χ1n) is 7.66. The normalized spacial score (nSPS) is 9.76. The van der Waals surface area contributed by atoms with E-state index >= 15 is 0 Å². The van der Waals surface area contributed by atoms with Crippen molar-refractivity contribution < 1.29 is 14.6 Å². The van der Waals surface area contributed by atoms with E-state index in [9.17, 15) is 4.79 Å². The van der Waals surface area contributed by atoms with E-state index in [4.69, 9.17) is 9.84 Å². The summed E-state index contributed by atoms with van der Waals surface area (Å²) in [6.45, 7) is 2.60. The minimum absolute atomic E-state index is 0.130. The van der Waals surface area contributed by atoms with Crippen molar-refractivity contribution in [1.82, 2.24) is 0 Å². The van der Waals surface area contributed by atoms with Gasteiger partial charge in [-0.05, 0) is 25.0 Å². The van der Waals surface area contributed by atoms with Crippen LogP contribution in [0.5, 0.6) is 5.75 Å². The average Bonchev–Trinajstić information content (AvgIpc) is 2.48. The lowest BCUT2D eigenvalue weighted by molar-refractivity contribution is -0.137. The van der Waals surface area contributed by atoms with Gasteiger partial charge in [0.05, 0.1) is 12.2 Å². The van der Waals surface area contributed by atoms with E-state index in [-0.39, 0.29) is 6.42 Å². The number of carbonyl (C=O) groups is 1. The molecule has 0 aliphatic carbocycles. The molecule has 0 aliphatic rings. The van der Waals surface area contributed by atoms with Crippen molar-refractivity contribution in [2.24, 2.45) is 0 Å². The summed E-state index contributed by atoms with van der Waals surface area (Å²) in [5.74, 6) is 6.28. The lowest BCUT2D eigenvalue weighted by Gasteiger charge is -2.07. The van der Waals surface area contributed by atoms with Crippen LogP contribution in [0.2, 0.25) is 0 Å². The highest BCUT2D eigenvalue weighted by molar-refractivity contribution is 5.66. The quantitative estimate of drug-likeness (QED) is 0.546. The molecule has 0 fully saturated rings. The summed E-state index contributed by atoms with van der Waals surface area (Å²) in [6.07, 6.45) is 6.43. The summed E-state index contributed by atoms with van der Waals surface area (Å²) in [5, 5.41) is 8.59. The van der Waals surface area contributed by atoms with Crippen LogP contribution in [0, 0.1) is 11.8 Å². The number of para-hydroxylation sites is 1. The molecule has 1 N–H and O–H groups in total. The first-order valence-corrected chi connectivity index (χ1v) is 7.66. The third-order valence-corrected chi connectivity index (χ3v) is 3.06. The fourth-order valence-electron chi connectivity index (χ4n) is 1.90. The Morgan fingerprint density at radius 2 is 2.00 bits per heavy atom. The third-order valence-electron chi connectivity index (χ3n) is 3.06. The van der Waals surface area contributed by atoms with E-state index in [1.54, 1.807) is 0 Å². The van der Waals surface area contributed by atoms with Crippen LogP contribution in [-0.2, 0) is 4.79 Å². The maximum atomic E-state index is 10.4. The van der Waals surface area contributed by atoms with E-state index < -0.39 is 5.97 Å². The molecule has 3 heteroatoms. The van der Waals surface area contributed by atoms with Gasteiger partial charge in [-0.2, -0.15) is 0 Å². The molecule has 0 heterocycles. The van der Waals surface area contributed by atoms with Crippen molar-refractivity contribution in [2.45, 2.75) is 51.9 Å². The first kappa shape index (κ1) is 17.1. The highest BCUT2D eigenvalue weighted by Crippen LogP contribution is 2.17. The zero-order chi connectivity index (χ0) is 15.3. The summed E-state index contributed by atoms with van der Waals surface area (Å²) in [4.78, 5) is 10.4. The van der Waals surface area contributed by atoms with Gasteiger partial charge in [0.2, 0.25) is 0 Å². The summed E-state index contributed by atoms with van der Waals surface area (Å²) in [5.41, 5.74) is 0.878. The van der Waals surface area contributed by atoms with Gasteiger partial charge in [0.1, 0.15) is 5.75 Å². The number of benzene rings is 1. The molecule has 0 spiro atoms. The molecular weight excluding hydrogens is 264 g/mol. The summed E-state index contributed by atoms with van der Waals surface area (Å²) < 4.78 is 5.62. The van der Waals surface area contributed by atoms with Crippen LogP contribution >= 0.6 is 0 Å². The molecule has 1 aromatic carbocycles. The molecule has 0 aromatic heterocycles. The zero-order valence-electron chi connectivity index (χ0n) is 12.7. The van der Waals surface area contributed by atoms with E-state index in [0.29, 0.717) is 13.0 Å². The Bertz CT molecular complexity index is 483. The van der Waals surface area contributed by atoms with Gasteiger partial charge < -0.3 is 9.84 Å². The molecule has 0 unspecified atom stereocenters. The summed E-state index contributed by atoms with van der Waals surface area (Å²) >= 11 is 0. The lowest BCUT2D eigenvalue weighted by Crippen LogP contribution is -2.02. The zero-order valence-corrected chi connectivity index (χ0v) is 12.7. The van der Waals surface area contributed by atoms with Gasteiger partial charge in [-0.25, -0.2) is 0 Å². The molecule has 0 radical (unpaired) electrons. The van der Waals surface area contributed by atoms with Crippen molar-refractivity contribution in [3.8, 4) is 17.6 Å². The molecule has 0 saturated heterocycles. The molecule has 1 rings (SSSR count). The van der Waals surface area contributed by atoms with Crippen molar-refractivity contribution in [1.29, 1.82) is 0 Å². The monoisotopic (exact) mass is 288 g/mol. The number of unbranched alkanes of at least 4 members (excludes halogenated alkanes) is 4. The van der Waals surface area contributed by atoms with Crippen LogP contribution < -0.4 is 4.74 Å². The Morgan fingerprint density at radius 1 is 1.19 bits per heavy atom. The maximum Gasteiger partial charge on any atom is 0.303 e. The van der Waals surface area contributed by atoms with E-state index in [0.717, 1.165) is 24.2 Å². The fraction of sp³-hybridized carbons (Fsp3) is 0.500. The van der Waals surface area contributed by atoms with Gasteiger partial charge in [-0.15, -0.1) is 0 Å². The van der Waals surface area contributed by atoms with Crippen LogP contribution in [0.1, 0.15) is 57.4 Å². The predicted octanol–water partition coefficient (Wildman–Crippen LogP) is 4.25. The number of hydrogen-bond donors (Lipinski definition) is 1. The van der Waals surface area contributed by atoms with Gasteiger partial charge in [-0.1, -0.05) is 50.2 Å². The topological polar surface area (TPSA) is 46.5 Å². The van der Waals surface area contributed by atoms with E-state index in [2.05, 4.69) is 18.8 Å². The molecule has 3 nitrogen and oxygen atoms in total. The number of ether oxygens (including phenoxy) is 1. The van der Waals surface area contributed by atoms with Crippen molar-refractivity contribution in [3.05, 3.63) is 29.8 Å². The Balaban J connectivity index is 2.43. The van der Waals surface area contributed by atoms with Crippen molar-refractivity contribution in [2.75, 3.05) is 6.61 Å². The predicted molar refractivity (Wildman–Crippen MR) is 84.4 cm³/mol. The molecule has 0 atom stereocenters. The van der Waals surface area contributed by atoms with Gasteiger partial charge in [0, 0.05) is 12.8 Å². The van der Waals surface area contributed by atoms with Gasteiger partial charge in [-0.3, -0.25) is 4.79 Å². The Kier molecular flexibility index (Phi) is 8.79. The highest BCUT2D eigenvalue weighted by atomic mass is 16.5. The molecule has 0 amide bonds. The third kappa shape index (κ3) is 8.04. The van der Waals surface area contributed by atoms with Crippen molar-refractivity contribution in [3.63, 3.8) is 0 Å². The second-order valence-corrected chi connectivity index (χ2v) is 4.95. The molecule has 114 valence electrons. The summed E-state index contributed by atoms with van der Waals surface area (Å²) in [7, 11) is 0. The second-order valence-electron chi connectivity index (χ2n) is 4.95. The van der Waals surface area contributed by atoms with Crippen LogP contribution in [0.3, 0.4) is 0 Å². The first-order chi connectivity index (χ1) is 10.2. The minimum Gasteiger partial charge on any atom is -0.492 e. The molecule has 21 heavy (non-hydrogen) atoms. The van der Waals surface area contributed by atoms with E-state index in [1.165, 1.54) is 19.3 Å². The number of rotatable bonds is 9. The smallest absolute Gasteiger partial charge is 0.303 e. The lowest BCUT2D eigenvalue weighted by atomic mass is 10.1. The molecular formula is C18H24O3. The number of aliphatic carboxylic acids is 1. The van der Waals surface area contributed by atoms with Gasteiger partial charge in [0.25, 0.3) is 0 Å². The second kappa shape index (κ2) is 10.8. The fourth-order valence-corrected chi connectivity index (χ4v) is 1.90. The summed E-state index contributed by atoms with van der Waals surface area (Å²) in [6, 6.07) is 7.65. The Hall–Kier alpha value is -1.95. The molecule has 0 aliphatic heterocycles. The van der Waals surface area contributed by atoms with Crippen LogP contribution in [0.4, 0.5) is 0 Å². The SMILES string of the molecule is CCCCCCC#Cc1ccccc1OCCCC(=O)O. The number of hydrogen-bond acceptors (Lipinski definition) is 2.